The van der Waals surface area contributed by atoms with Crippen LogP contribution in [-0.2, 0) is 14.2 Å². The van der Waals surface area contributed by atoms with Crippen molar-refractivity contribution in [3.05, 3.63) is 0 Å². The van der Waals surface area contributed by atoms with Crippen LogP contribution < -0.4 is 5.32 Å². The SMILES string of the molecule is CC(C)CCCNC(=O)OC1CCOC2(CCOCC2)C1. The molecule has 0 radical (unpaired) electrons. The van der Waals surface area contributed by atoms with Gasteiger partial charge in [0, 0.05) is 32.6 Å². The van der Waals surface area contributed by atoms with Gasteiger partial charge in [0.05, 0.1) is 12.2 Å². The Morgan fingerprint density at radius 3 is 2.81 bits per heavy atom. The van der Waals surface area contributed by atoms with E-state index >= 15 is 0 Å². The molecule has 2 rings (SSSR count). The molecule has 1 unspecified atom stereocenters. The summed E-state index contributed by atoms with van der Waals surface area (Å²) in [5, 5.41) is 2.85. The van der Waals surface area contributed by atoms with E-state index in [4.69, 9.17) is 14.2 Å². The van der Waals surface area contributed by atoms with Crippen LogP contribution in [-0.4, -0.2) is 44.2 Å². The number of rotatable bonds is 5. The molecule has 2 aliphatic heterocycles. The predicted octanol–water partition coefficient (Wildman–Crippen LogP) is 2.88. The summed E-state index contributed by atoms with van der Waals surface area (Å²) in [6.45, 7) is 7.23. The van der Waals surface area contributed by atoms with Gasteiger partial charge in [-0.15, -0.1) is 0 Å². The van der Waals surface area contributed by atoms with Crippen LogP contribution in [0.3, 0.4) is 0 Å². The highest BCUT2D eigenvalue weighted by atomic mass is 16.6. The van der Waals surface area contributed by atoms with Gasteiger partial charge in [0.2, 0.25) is 0 Å². The molecule has 0 bridgehead atoms. The Morgan fingerprint density at radius 1 is 1.33 bits per heavy atom. The number of carbonyl (C=O) groups excluding carboxylic acids is 1. The lowest BCUT2D eigenvalue weighted by atomic mass is 9.85. The van der Waals surface area contributed by atoms with E-state index < -0.39 is 0 Å². The molecule has 5 heteroatoms. The van der Waals surface area contributed by atoms with Crippen LogP contribution in [0.5, 0.6) is 0 Å². The minimum absolute atomic E-state index is 0.0260. The topological polar surface area (TPSA) is 56.8 Å². The first kappa shape index (κ1) is 16.6. The summed E-state index contributed by atoms with van der Waals surface area (Å²) in [4.78, 5) is 11.8. The minimum atomic E-state index is -0.284. The Hall–Kier alpha value is -0.810. The standard InChI is InChI=1S/C16H29NO4/c1-13(2)4-3-8-17-15(18)21-14-5-9-20-16(12-14)6-10-19-11-7-16/h13-14H,3-12H2,1-2H3,(H,17,18). The first-order valence-electron chi connectivity index (χ1n) is 8.26. The van der Waals surface area contributed by atoms with E-state index in [2.05, 4.69) is 19.2 Å². The molecule has 0 aromatic heterocycles. The van der Waals surface area contributed by atoms with Crippen LogP contribution in [0.2, 0.25) is 0 Å². The van der Waals surface area contributed by atoms with E-state index in [1.54, 1.807) is 0 Å². The summed E-state index contributed by atoms with van der Waals surface area (Å²) in [7, 11) is 0. The Morgan fingerprint density at radius 2 is 2.10 bits per heavy atom. The molecule has 1 spiro atoms. The fourth-order valence-electron chi connectivity index (χ4n) is 3.07. The number of alkyl carbamates (subject to hydrolysis) is 1. The first-order valence-corrected chi connectivity index (χ1v) is 8.26. The number of hydrogen-bond donors (Lipinski definition) is 1. The zero-order valence-electron chi connectivity index (χ0n) is 13.4. The summed E-state index contributed by atoms with van der Waals surface area (Å²) in [6.07, 6.45) is 5.22. The Kier molecular flexibility index (Phi) is 6.30. The normalized spacial score (nSPS) is 25.0. The molecule has 122 valence electrons. The van der Waals surface area contributed by atoms with Crippen LogP contribution in [0.1, 0.15) is 52.4 Å². The van der Waals surface area contributed by atoms with Crippen LogP contribution in [0.15, 0.2) is 0 Å². The maximum absolute atomic E-state index is 11.8. The van der Waals surface area contributed by atoms with Gasteiger partial charge in [0.15, 0.2) is 0 Å². The van der Waals surface area contributed by atoms with Crippen molar-refractivity contribution in [1.82, 2.24) is 5.32 Å². The van der Waals surface area contributed by atoms with E-state index in [1.807, 2.05) is 0 Å². The fraction of sp³-hybridized carbons (Fsp3) is 0.938. The number of ether oxygens (including phenoxy) is 3. The van der Waals surface area contributed by atoms with Crippen molar-refractivity contribution in [3.8, 4) is 0 Å². The average molecular weight is 299 g/mol. The predicted molar refractivity (Wildman–Crippen MR) is 80.3 cm³/mol. The molecule has 5 nitrogen and oxygen atoms in total. The second kappa shape index (κ2) is 7.99. The van der Waals surface area contributed by atoms with E-state index in [1.165, 1.54) is 0 Å². The molecule has 21 heavy (non-hydrogen) atoms. The molecule has 0 aromatic carbocycles. The quantitative estimate of drug-likeness (QED) is 0.793. The molecule has 2 aliphatic rings. The summed E-state index contributed by atoms with van der Waals surface area (Å²) in [5.74, 6) is 0.673. The van der Waals surface area contributed by atoms with Crippen molar-refractivity contribution in [2.75, 3.05) is 26.4 Å². The molecule has 0 aromatic rings. The van der Waals surface area contributed by atoms with Gasteiger partial charge in [-0.05, 0) is 31.6 Å². The number of amides is 1. The lowest BCUT2D eigenvalue weighted by Gasteiger charge is -2.42. The molecule has 1 N–H and O–H groups in total. The third-order valence-corrected chi connectivity index (χ3v) is 4.35. The largest absolute Gasteiger partial charge is 0.446 e. The summed E-state index contributed by atoms with van der Waals surface area (Å²) in [5.41, 5.74) is -0.126. The highest BCUT2D eigenvalue weighted by Crippen LogP contribution is 2.35. The molecular weight excluding hydrogens is 270 g/mol. The highest BCUT2D eigenvalue weighted by molar-refractivity contribution is 5.67. The Labute approximate surface area is 127 Å². The van der Waals surface area contributed by atoms with Crippen LogP contribution >= 0.6 is 0 Å². The zero-order valence-corrected chi connectivity index (χ0v) is 13.4. The number of hydrogen-bond acceptors (Lipinski definition) is 4. The van der Waals surface area contributed by atoms with E-state index in [0.717, 1.165) is 51.7 Å². The van der Waals surface area contributed by atoms with Gasteiger partial charge in [0.25, 0.3) is 0 Å². The van der Waals surface area contributed by atoms with Crippen molar-refractivity contribution in [1.29, 1.82) is 0 Å². The summed E-state index contributed by atoms with van der Waals surface area (Å²) < 4.78 is 16.9. The molecular formula is C16H29NO4. The molecule has 1 atom stereocenters. The smallest absolute Gasteiger partial charge is 0.407 e. The van der Waals surface area contributed by atoms with Gasteiger partial charge in [0.1, 0.15) is 6.10 Å². The minimum Gasteiger partial charge on any atom is -0.446 e. The van der Waals surface area contributed by atoms with Crippen LogP contribution in [0, 0.1) is 5.92 Å². The van der Waals surface area contributed by atoms with Gasteiger partial charge in [-0.3, -0.25) is 0 Å². The van der Waals surface area contributed by atoms with Gasteiger partial charge in [-0.25, -0.2) is 4.79 Å². The molecule has 1 amide bonds. The number of nitrogens with one attached hydrogen (secondary N) is 1. The van der Waals surface area contributed by atoms with E-state index in [-0.39, 0.29) is 17.8 Å². The van der Waals surface area contributed by atoms with E-state index in [0.29, 0.717) is 19.1 Å². The summed E-state index contributed by atoms with van der Waals surface area (Å²) in [6, 6.07) is 0. The molecule has 2 heterocycles. The maximum atomic E-state index is 11.8. The molecule has 0 aliphatic carbocycles. The lowest BCUT2D eigenvalue weighted by Crippen LogP contribution is -2.47. The third-order valence-electron chi connectivity index (χ3n) is 4.35. The zero-order chi connectivity index (χ0) is 15.1. The van der Waals surface area contributed by atoms with Gasteiger partial charge in [-0.2, -0.15) is 0 Å². The van der Waals surface area contributed by atoms with Gasteiger partial charge < -0.3 is 19.5 Å². The van der Waals surface area contributed by atoms with Crippen LogP contribution in [0.25, 0.3) is 0 Å². The number of carbonyl (C=O) groups is 1. The summed E-state index contributed by atoms with van der Waals surface area (Å²) >= 11 is 0. The molecule has 2 fully saturated rings. The first-order chi connectivity index (χ1) is 10.1. The van der Waals surface area contributed by atoms with E-state index in [9.17, 15) is 4.79 Å². The second-order valence-electron chi connectivity index (χ2n) is 6.63. The second-order valence-corrected chi connectivity index (χ2v) is 6.63. The van der Waals surface area contributed by atoms with Gasteiger partial charge in [-0.1, -0.05) is 13.8 Å². The monoisotopic (exact) mass is 299 g/mol. The Bertz CT molecular complexity index is 321. The van der Waals surface area contributed by atoms with Crippen LogP contribution in [0.4, 0.5) is 4.79 Å². The lowest BCUT2D eigenvalue weighted by molar-refractivity contribution is -0.159. The average Bonchev–Trinajstić information content (AvgIpc) is 2.44. The van der Waals surface area contributed by atoms with Crippen molar-refractivity contribution in [3.63, 3.8) is 0 Å². The third kappa shape index (κ3) is 5.47. The Balaban J connectivity index is 1.68. The molecule has 0 saturated carbocycles. The van der Waals surface area contributed by atoms with Crippen molar-refractivity contribution in [2.45, 2.75) is 64.1 Å². The van der Waals surface area contributed by atoms with Crippen molar-refractivity contribution in [2.24, 2.45) is 5.92 Å². The maximum Gasteiger partial charge on any atom is 0.407 e. The molecule has 2 saturated heterocycles. The highest BCUT2D eigenvalue weighted by Gasteiger charge is 2.40. The van der Waals surface area contributed by atoms with Crippen molar-refractivity contribution >= 4 is 6.09 Å². The van der Waals surface area contributed by atoms with Crippen molar-refractivity contribution < 1.29 is 19.0 Å². The fourth-order valence-corrected chi connectivity index (χ4v) is 3.07. The van der Waals surface area contributed by atoms with Gasteiger partial charge >= 0.3 is 6.09 Å².